The number of nitrogens with zero attached hydrogens (tertiary/aromatic N) is 4. The summed E-state index contributed by atoms with van der Waals surface area (Å²) in [5, 5.41) is 2.69. The number of carbonyl (C=O) groups is 1. The van der Waals surface area contributed by atoms with Gasteiger partial charge in [-0.25, -0.2) is 9.97 Å². The Morgan fingerprint density at radius 3 is 2.52 bits per heavy atom. The van der Waals surface area contributed by atoms with Gasteiger partial charge >= 0.3 is 6.18 Å². The van der Waals surface area contributed by atoms with E-state index in [9.17, 15) is 18.0 Å². The van der Waals surface area contributed by atoms with Crippen LogP contribution in [0.1, 0.15) is 21.7 Å². The van der Waals surface area contributed by atoms with Crippen LogP contribution in [0, 0.1) is 6.92 Å². The molecule has 0 aliphatic rings. The highest BCUT2D eigenvalue weighted by Gasteiger charge is 2.30. The number of fused-ring (bicyclic) bond motifs is 1. The smallest absolute Gasteiger partial charge is 0.319 e. The number of imidazole rings is 1. The molecule has 9 heteroatoms. The highest BCUT2D eigenvalue weighted by atomic mass is 19.4. The number of carbonyl (C=O) groups excluding carboxylic acids is 1. The molecular formula is C20H14F3N5O. The maximum Gasteiger partial charge on any atom is 0.416 e. The minimum atomic E-state index is -4.41. The number of aromatic nitrogens is 4. The third-order valence-electron chi connectivity index (χ3n) is 4.32. The van der Waals surface area contributed by atoms with Gasteiger partial charge in [0, 0.05) is 18.0 Å². The third kappa shape index (κ3) is 3.66. The first-order valence-corrected chi connectivity index (χ1v) is 8.56. The maximum atomic E-state index is 12.8. The van der Waals surface area contributed by atoms with E-state index in [1.807, 2.05) is 0 Å². The monoisotopic (exact) mass is 397 g/mol. The van der Waals surface area contributed by atoms with Crippen molar-refractivity contribution in [1.82, 2.24) is 19.4 Å². The van der Waals surface area contributed by atoms with Crippen molar-refractivity contribution in [2.45, 2.75) is 13.1 Å². The molecule has 0 spiro atoms. The van der Waals surface area contributed by atoms with Gasteiger partial charge in [0.05, 0.1) is 35.0 Å². The van der Waals surface area contributed by atoms with Gasteiger partial charge in [0.2, 0.25) is 0 Å². The van der Waals surface area contributed by atoms with Crippen molar-refractivity contribution in [2.75, 3.05) is 5.32 Å². The molecule has 0 bridgehead atoms. The first-order chi connectivity index (χ1) is 13.8. The van der Waals surface area contributed by atoms with Crippen LogP contribution in [0.5, 0.6) is 0 Å². The molecule has 0 saturated carbocycles. The number of alkyl halides is 3. The van der Waals surface area contributed by atoms with Crippen molar-refractivity contribution in [3.8, 4) is 11.3 Å². The zero-order valence-electron chi connectivity index (χ0n) is 15.1. The van der Waals surface area contributed by atoms with E-state index < -0.39 is 17.6 Å². The molecule has 0 aliphatic heterocycles. The molecule has 1 amide bonds. The Balaban J connectivity index is 1.72. The lowest BCUT2D eigenvalue weighted by Crippen LogP contribution is -2.14. The van der Waals surface area contributed by atoms with Crippen molar-refractivity contribution in [1.29, 1.82) is 0 Å². The van der Waals surface area contributed by atoms with E-state index in [4.69, 9.17) is 0 Å². The fourth-order valence-electron chi connectivity index (χ4n) is 2.99. The Labute approximate surface area is 163 Å². The van der Waals surface area contributed by atoms with Gasteiger partial charge in [0.15, 0.2) is 5.65 Å². The molecule has 1 aromatic carbocycles. The topological polar surface area (TPSA) is 72.2 Å². The van der Waals surface area contributed by atoms with Gasteiger partial charge in [-0.3, -0.25) is 14.2 Å². The molecule has 0 saturated heterocycles. The average molecular weight is 397 g/mol. The fourth-order valence-corrected chi connectivity index (χ4v) is 2.99. The predicted octanol–water partition coefficient (Wildman–Crippen LogP) is 4.37. The standard InChI is InChI=1S/C20H14F3N5O/c1-12-18(13-4-6-14(7-5-13)20(21,22)23)28-11-16(25-10-17(28)26-12)19(29)27-15-3-2-8-24-9-15/h2-11H,1H3,(H,27,29). The molecule has 4 aromatic rings. The number of rotatable bonds is 3. The molecule has 0 fully saturated rings. The summed E-state index contributed by atoms with van der Waals surface area (Å²) in [4.78, 5) is 25.0. The normalized spacial score (nSPS) is 11.6. The number of amides is 1. The van der Waals surface area contributed by atoms with Crippen molar-refractivity contribution in [2.24, 2.45) is 0 Å². The lowest BCUT2D eigenvalue weighted by atomic mass is 10.1. The van der Waals surface area contributed by atoms with Crippen molar-refractivity contribution in [3.05, 3.63) is 78.1 Å². The minimum absolute atomic E-state index is 0.131. The molecule has 146 valence electrons. The lowest BCUT2D eigenvalue weighted by molar-refractivity contribution is -0.137. The molecular weight excluding hydrogens is 383 g/mol. The Kier molecular flexibility index (Phi) is 4.50. The summed E-state index contributed by atoms with van der Waals surface area (Å²) in [5.74, 6) is -0.440. The van der Waals surface area contributed by atoms with E-state index in [1.165, 1.54) is 30.7 Å². The number of benzene rings is 1. The second-order valence-corrected chi connectivity index (χ2v) is 6.32. The minimum Gasteiger partial charge on any atom is -0.319 e. The molecule has 29 heavy (non-hydrogen) atoms. The third-order valence-corrected chi connectivity index (χ3v) is 4.32. The number of nitrogens with one attached hydrogen (secondary N) is 1. The van der Waals surface area contributed by atoms with Gasteiger partial charge in [0.1, 0.15) is 5.69 Å². The SMILES string of the molecule is Cc1nc2cnc(C(=O)Nc3cccnc3)cn2c1-c1ccc(C(F)(F)F)cc1. The zero-order valence-corrected chi connectivity index (χ0v) is 15.1. The number of halogens is 3. The first kappa shape index (κ1) is 18.6. The molecule has 0 unspecified atom stereocenters. The number of hydrogen-bond donors (Lipinski definition) is 1. The van der Waals surface area contributed by atoms with Gasteiger partial charge in [-0.05, 0) is 31.2 Å². The maximum absolute atomic E-state index is 12.8. The first-order valence-electron chi connectivity index (χ1n) is 8.56. The van der Waals surface area contributed by atoms with E-state index in [2.05, 4.69) is 20.3 Å². The van der Waals surface area contributed by atoms with E-state index in [-0.39, 0.29) is 5.69 Å². The Morgan fingerprint density at radius 1 is 1.10 bits per heavy atom. The predicted molar refractivity (Wildman–Crippen MR) is 100 cm³/mol. The largest absolute Gasteiger partial charge is 0.416 e. The molecule has 6 nitrogen and oxygen atoms in total. The highest BCUT2D eigenvalue weighted by Crippen LogP contribution is 2.32. The van der Waals surface area contributed by atoms with Crippen molar-refractivity contribution in [3.63, 3.8) is 0 Å². The zero-order chi connectivity index (χ0) is 20.6. The quantitative estimate of drug-likeness (QED) is 0.557. The van der Waals surface area contributed by atoms with Gasteiger partial charge in [-0.1, -0.05) is 12.1 Å². The molecule has 1 N–H and O–H groups in total. The van der Waals surface area contributed by atoms with E-state index in [0.29, 0.717) is 28.3 Å². The van der Waals surface area contributed by atoms with Gasteiger partial charge in [-0.2, -0.15) is 13.2 Å². The van der Waals surface area contributed by atoms with Crippen LogP contribution >= 0.6 is 0 Å². The van der Waals surface area contributed by atoms with Crippen molar-refractivity contribution >= 4 is 17.2 Å². The summed E-state index contributed by atoms with van der Waals surface area (Å²) >= 11 is 0. The van der Waals surface area contributed by atoms with Gasteiger partial charge in [-0.15, -0.1) is 0 Å². The van der Waals surface area contributed by atoms with E-state index in [0.717, 1.165) is 12.1 Å². The molecule has 3 heterocycles. The van der Waals surface area contributed by atoms with E-state index >= 15 is 0 Å². The molecule has 3 aromatic heterocycles. The molecule has 0 atom stereocenters. The number of aryl methyl sites for hydroxylation is 1. The Bertz CT molecular complexity index is 1180. The highest BCUT2D eigenvalue weighted by molar-refractivity contribution is 6.02. The second-order valence-electron chi connectivity index (χ2n) is 6.32. The summed E-state index contributed by atoms with van der Waals surface area (Å²) in [6.45, 7) is 1.75. The summed E-state index contributed by atoms with van der Waals surface area (Å²) in [7, 11) is 0. The molecule has 0 radical (unpaired) electrons. The summed E-state index contributed by atoms with van der Waals surface area (Å²) < 4.78 is 40.2. The number of pyridine rings is 1. The summed E-state index contributed by atoms with van der Waals surface area (Å²) in [5.41, 5.74) is 2.15. The van der Waals surface area contributed by atoms with Crippen LogP contribution in [-0.2, 0) is 6.18 Å². The number of anilines is 1. The van der Waals surface area contributed by atoms with Crippen LogP contribution < -0.4 is 5.32 Å². The summed E-state index contributed by atoms with van der Waals surface area (Å²) in [6, 6.07) is 8.19. The Morgan fingerprint density at radius 2 is 1.86 bits per heavy atom. The van der Waals surface area contributed by atoms with Crippen LogP contribution in [0.2, 0.25) is 0 Å². The average Bonchev–Trinajstić information content (AvgIpc) is 3.03. The van der Waals surface area contributed by atoms with E-state index in [1.54, 1.807) is 29.7 Å². The van der Waals surface area contributed by atoms with Crippen LogP contribution in [0.3, 0.4) is 0 Å². The molecule has 4 rings (SSSR count). The lowest BCUT2D eigenvalue weighted by Gasteiger charge is -2.09. The van der Waals surface area contributed by atoms with Crippen LogP contribution in [-0.4, -0.2) is 25.3 Å². The molecule has 0 aliphatic carbocycles. The fraction of sp³-hybridized carbons (Fsp3) is 0.100. The Hall–Kier alpha value is -3.75. The van der Waals surface area contributed by atoms with Gasteiger partial charge < -0.3 is 5.32 Å². The van der Waals surface area contributed by atoms with Crippen molar-refractivity contribution < 1.29 is 18.0 Å². The van der Waals surface area contributed by atoms with Crippen LogP contribution in [0.4, 0.5) is 18.9 Å². The second kappa shape index (κ2) is 7.01. The van der Waals surface area contributed by atoms with Gasteiger partial charge in [0.25, 0.3) is 5.91 Å². The van der Waals surface area contributed by atoms with Crippen LogP contribution in [0.25, 0.3) is 16.9 Å². The van der Waals surface area contributed by atoms with Crippen LogP contribution in [0.15, 0.2) is 61.2 Å². The summed E-state index contributed by atoms with van der Waals surface area (Å²) in [6.07, 6.45) is 1.64. The number of hydrogen-bond acceptors (Lipinski definition) is 4.